The molecule has 0 amide bonds. The predicted molar refractivity (Wildman–Crippen MR) is 63.2 cm³/mol. The van der Waals surface area contributed by atoms with E-state index < -0.39 is 30.5 Å². The first-order chi connectivity index (χ1) is 8.43. The molecule has 0 fully saturated rings. The minimum atomic E-state index is -1.66. The van der Waals surface area contributed by atoms with Gasteiger partial charge in [-0.2, -0.15) is 0 Å². The second-order valence-corrected chi connectivity index (χ2v) is 3.95. The van der Waals surface area contributed by atoms with E-state index in [0.717, 1.165) is 0 Å². The first kappa shape index (κ1) is 14.6. The zero-order valence-electron chi connectivity index (χ0n) is 9.93. The highest BCUT2D eigenvalue weighted by Gasteiger charge is 2.28. The highest BCUT2D eigenvalue weighted by molar-refractivity contribution is 5.76. The number of esters is 1. The van der Waals surface area contributed by atoms with Crippen LogP contribution < -0.4 is 5.73 Å². The van der Waals surface area contributed by atoms with E-state index in [0.29, 0.717) is 5.56 Å². The lowest BCUT2D eigenvalue weighted by molar-refractivity contribution is -0.188. The molecule has 0 spiro atoms. The van der Waals surface area contributed by atoms with Crippen LogP contribution in [0.25, 0.3) is 0 Å². The molecule has 1 aromatic carbocycles. The zero-order valence-corrected chi connectivity index (χ0v) is 9.93. The van der Waals surface area contributed by atoms with Gasteiger partial charge in [-0.15, -0.1) is 0 Å². The van der Waals surface area contributed by atoms with Gasteiger partial charge in [-0.1, -0.05) is 30.3 Å². The molecule has 0 aliphatic heterocycles. The first-order valence-corrected chi connectivity index (χ1v) is 5.48. The Morgan fingerprint density at radius 2 is 1.78 bits per heavy atom. The maximum Gasteiger partial charge on any atom is 0.328 e. The van der Waals surface area contributed by atoms with E-state index in [4.69, 9.17) is 15.9 Å². The summed E-state index contributed by atoms with van der Waals surface area (Å²) in [5.41, 5.74) is 5.99. The fourth-order valence-corrected chi connectivity index (χ4v) is 1.28. The number of carbonyl (C=O) groups excluding carboxylic acids is 1. The third-order valence-corrected chi connectivity index (χ3v) is 2.40. The van der Waals surface area contributed by atoms with Gasteiger partial charge < -0.3 is 25.8 Å². The number of hydrogen-bond donors (Lipinski definition) is 4. The topological polar surface area (TPSA) is 113 Å². The van der Waals surface area contributed by atoms with E-state index in [1.165, 1.54) is 6.92 Å². The third-order valence-electron chi connectivity index (χ3n) is 2.40. The van der Waals surface area contributed by atoms with Gasteiger partial charge in [0.05, 0.1) is 0 Å². The molecule has 0 saturated carbocycles. The van der Waals surface area contributed by atoms with Crippen LogP contribution >= 0.6 is 0 Å². The van der Waals surface area contributed by atoms with Crippen molar-refractivity contribution in [2.24, 2.45) is 5.73 Å². The van der Waals surface area contributed by atoms with Crippen LogP contribution in [0.2, 0.25) is 0 Å². The Kier molecular flexibility index (Phi) is 5.24. The summed E-state index contributed by atoms with van der Waals surface area (Å²) in [6.07, 6.45) is -4.12. The summed E-state index contributed by atoms with van der Waals surface area (Å²) in [5, 5.41) is 28.0. The molecule has 4 atom stereocenters. The number of rotatable bonds is 5. The maximum atomic E-state index is 11.5. The summed E-state index contributed by atoms with van der Waals surface area (Å²) in [4.78, 5) is 11.5. The number of aliphatic hydroxyl groups excluding tert-OH is 3. The van der Waals surface area contributed by atoms with Crippen molar-refractivity contribution in [1.29, 1.82) is 0 Å². The van der Waals surface area contributed by atoms with Gasteiger partial charge in [-0.05, 0) is 12.5 Å². The fraction of sp³-hybridized carbons (Fsp3) is 0.417. The molecule has 0 bridgehead atoms. The molecule has 100 valence electrons. The van der Waals surface area contributed by atoms with Crippen molar-refractivity contribution in [2.75, 3.05) is 0 Å². The van der Waals surface area contributed by atoms with Crippen LogP contribution in [0.3, 0.4) is 0 Å². The first-order valence-electron chi connectivity index (χ1n) is 5.48. The Labute approximate surface area is 105 Å². The molecular weight excluding hydrogens is 238 g/mol. The van der Waals surface area contributed by atoms with Crippen LogP contribution in [0.15, 0.2) is 30.3 Å². The molecule has 0 radical (unpaired) electrons. The van der Waals surface area contributed by atoms with E-state index in [2.05, 4.69) is 4.74 Å². The van der Waals surface area contributed by atoms with Gasteiger partial charge in [0.25, 0.3) is 0 Å². The van der Waals surface area contributed by atoms with Crippen LogP contribution in [-0.2, 0) is 9.53 Å². The van der Waals surface area contributed by atoms with E-state index in [1.54, 1.807) is 30.3 Å². The summed E-state index contributed by atoms with van der Waals surface area (Å²) >= 11 is 0. The van der Waals surface area contributed by atoms with Gasteiger partial charge in [0.2, 0.25) is 6.29 Å². The molecule has 6 heteroatoms. The number of aliphatic hydroxyl groups is 3. The maximum absolute atomic E-state index is 11.5. The number of nitrogens with two attached hydrogens (primary N) is 1. The van der Waals surface area contributed by atoms with Gasteiger partial charge >= 0.3 is 5.97 Å². The normalized spacial score (nSPS) is 17.6. The molecule has 5 N–H and O–H groups in total. The van der Waals surface area contributed by atoms with E-state index in [9.17, 15) is 9.90 Å². The van der Waals surface area contributed by atoms with Crippen molar-refractivity contribution in [3.05, 3.63) is 35.9 Å². The number of ether oxygens (including phenoxy) is 1. The molecule has 0 saturated heterocycles. The zero-order chi connectivity index (χ0) is 13.7. The lowest BCUT2D eigenvalue weighted by Gasteiger charge is -2.21. The average Bonchev–Trinajstić information content (AvgIpc) is 2.37. The Morgan fingerprint density at radius 1 is 1.22 bits per heavy atom. The summed E-state index contributed by atoms with van der Waals surface area (Å²) < 4.78 is 4.50. The lowest BCUT2D eigenvalue weighted by atomic mass is 10.0. The number of carbonyl (C=O) groups is 1. The fourth-order valence-electron chi connectivity index (χ4n) is 1.28. The molecule has 18 heavy (non-hydrogen) atoms. The van der Waals surface area contributed by atoms with Gasteiger partial charge in [0.15, 0.2) is 0 Å². The van der Waals surface area contributed by atoms with Crippen molar-refractivity contribution in [1.82, 2.24) is 0 Å². The number of hydrogen-bond acceptors (Lipinski definition) is 6. The Balaban J connectivity index is 2.64. The highest BCUT2D eigenvalue weighted by Crippen LogP contribution is 2.16. The van der Waals surface area contributed by atoms with Crippen molar-refractivity contribution in [3.63, 3.8) is 0 Å². The molecule has 1 rings (SSSR count). The molecule has 4 unspecified atom stereocenters. The SMILES string of the molecule is CC(O)C(O)OC(=O)C(N)C(O)c1ccccc1. The quantitative estimate of drug-likeness (QED) is 0.408. The van der Waals surface area contributed by atoms with E-state index in [-0.39, 0.29) is 0 Å². The minimum Gasteiger partial charge on any atom is -0.432 e. The average molecular weight is 255 g/mol. The van der Waals surface area contributed by atoms with Gasteiger partial charge in [0, 0.05) is 0 Å². The molecule has 6 nitrogen and oxygen atoms in total. The predicted octanol–water partition coefficient (Wildman–Crippen LogP) is -0.710. The molecule has 0 aliphatic carbocycles. The van der Waals surface area contributed by atoms with Crippen LogP contribution in [0.1, 0.15) is 18.6 Å². The van der Waals surface area contributed by atoms with Crippen molar-refractivity contribution >= 4 is 5.97 Å². The number of benzene rings is 1. The van der Waals surface area contributed by atoms with Gasteiger partial charge in [-0.3, -0.25) is 4.79 Å². The van der Waals surface area contributed by atoms with Gasteiger partial charge in [-0.25, -0.2) is 0 Å². The smallest absolute Gasteiger partial charge is 0.328 e. The summed E-state index contributed by atoms with van der Waals surface area (Å²) in [5.74, 6) is -0.986. The summed E-state index contributed by atoms with van der Waals surface area (Å²) in [6, 6.07) is 7.05. The summed E-state index contributed by atoms with van der Waals surface area (Å²) in [6.45, 7) is 1.26. The van der Waals surface area contributed by atoms with Crippen LogP contribution in [0.5, 0.6) is 0 Å². The molecular formula is C12H17NO5. The van der Waals surface area contributed by atoms with Crippen molar-refractivity contribution < 1.29 is 24.9 Å². The Bertz CT molecular complexity index is 381. The standard InChI is InChI=1S/C12H17NO5/c1-7(14)11(16)18-12(17)9(13)10(15)8-5-3-2-4-6-8/h2-7,9-11,14-16H,13H2,1H3. The Morgan fingerprint density at radius 3 is 2.28 bits per heavy atom. The third kappa shape index (κ3) is 3.78. The molecule has 1 aromatic rings. The Hall–Kier alpha value is -1.47. The molecule has 0 heterocycles. The van der Waals surface area contributed by atoms with E-state index in [1.807, 2.05) is 0 Å². The van der Waals surface area contributed by atoms with Crippen LogP contribution in [0, 0.1) is 0 Å². The molecule has 0 aliphatic rings. The summed E-state index contributed by atoms with van der Waals surface area (Å²) in [7, 11) is 0. The largest absolute Gasteiger partial charge is 0.432 e. The monoisotopic (exact) mass is 255 g/mol. The van der Waals surface area contributed by atoms with Crippen molar-refractivity contribution in [2.45, 2.75) is 31.5 Å². The minimum absolute atomic E-state index is 0.466. The highest BCUT2D eigenvalue weighted by atomic mass is 16.6. The molecule has 0 aromatic heterocycles. The van der Waals surface area contributed by atoms with Crippen molar-refractivity contribution in [3.8, 4) is 0 Å². The van der Waals surface area contributed by atoms with E-state index >= 15 is 0 Å². The van der Waals surface area contributed by atoms with Gasteiger partial charge in [0.1, 0.15) is 18.2 Å². The second kappa shape index (κ2) is 6.46. The lowest BCUT2D eigenvalue weighted by Crippen LogP contribution is -2.41. The second-order valence-electron chi connectivity index (χ2n) is 3.95. The van der Waals surface area contributed by atoms with Crippen LogP contribution in [-0.4, -0.2) is 39.7 Å². The van der Waals surface area contributed by atoms with Crippen LogP contribution in [0.4, 0.5) is 0 Å².